The second kappa shape index (κ2) is 11.2. The average molecular weight is 514 g/mol. The van der Waals surface area contributed by atoms with Gasteiger partial charge in [0.15, 0.2) is 5.13 Å². The SMILES string of the molecule is COc1ccc2sc(N(CCN3CCOCC3)C(=O)c3cnn(-c4ccccc4)c3C)nc2c1.Cl. The van der Waals surface area contributed by atoms with Crippen LogP contribution in [-0.4, -0.2) is 72.1 Å². The molecule has 0 spiro atoms. The van der Waals surface area contributed by atoms with E-state index < -0.39 is 0 Å². The smallest absolute Gasteiger partial charge is 0.263 e. The van der Waals surface area contributed by atoms with Gasteiger partial charge in [-0.15, -0.1) is 12.4 Å². The lowest BCUT2D eigenvalue weighted by atomic mass is 10.2. The summed E-state index contributed by atoms with van der Waals surface area (Å²) in [4.78, 5) is 22.8. The van der Waals surface area contributed by atoms with Gasteiger partial charge in [0.2, 0.25) is 0 Å². The molecule has 1 aliphatic heterocycles. The third kappa shape index (κ3) is 5.33. The number of hydrogen-bond donors (Lipinski definition) is 0. The molecule has 0 saturated carbocycles. The van der Waals surface area contributed by atoms with E-state index in [9.17, 15) is 4.79 Å². The molecule has 35 heavy (non-hydrogen) atoms. The molecular formula is C25H28ClN5O3S. The van der Waals surface area contributed by atoms with Crippen molar-refractivity contribution in [2.45, 2.75) is 6.92 Å². The molecule has 2 aromatic carbocycles. The summed E-state index contributed by atoms with van der Waals surface area (Å²) in [5.41, 5.74) is 3.12. The molecule has 10 heteroatoms. The first-order valence-corrected chi connectivity index (χ1v) is 12.1. The molecule has 0 atom stereocenters. The van der Waals surface area contributed by atoms with Crippen molar-refractivity contribution in [2.75, 3.05) is 51.4 Å². The fourth-order valence-electron chi connectivity index (χ4n) is 4.08. The van der Waals surface area contributed by atoms with Gasteiger partial charge in [-0.2, -0.15) is 5.10 Å². The fourth-order valence-corrected chi connectivity index (χ4v) is 5.05. The van der Waals surface area contributed by atoms with Gasteiger partial charge in [0, 0.05) is 32.2 Å². The van der Waals surface area contributed by atoms with Crippen LogP contribution in [0.3, 0.4) is 0 Å². The van der Waals surface area contributed by atoms with E-state index in [1.54, 1.807) is 22.9 Å². The Hall–Kier alpha value is -2.98. The van der Waals surface area contributed by atoms with Gasteiger partial charge in [0.25, 0.3) is 5.91 Å². The molecule has 8 nitrogen and oxygen atoms in total. The summed E-state index contributed by atoms with van der Waals surface area (Å²) >= 11 is 1.51. The standard InChI is InChI=1S/C25H27N5O3S.ClH/c1-18-21(17-26-30(18)19-6-4-3-5-7-19)24(31)29(11-10-28-12-14-33-15-13-28)25-27-22-16-20(32-2)8-9-23(22)34-25;/h3-9,16-17H,10-15H2,1-2H3;1H. The lowest BCUT2D eigenvalue weighted by Crippen LogP contribution is -2.43. The van der Waals surface area contributed by atoms with Crippen molar-refractivity contribution in [2.24, 2.45) is 0 Å². The fraction of sp³-hybridized carbons (Fsp3) is 0.320. The highest BCUT2D eigenvalue weighted by Gasteiger charge is 2.26. The summed E-state index contributed by atoms with van der Waals surface area (Å²) in [7, 11) is 1.64. The molecule has 5 rings (SSSR count). The Morgan fingerprint density at radius 3 is 2.69 bits per heavy atom. The quantitative estimate of drug-likeness (QED) is 0.369. The maximum atomic E-state index is 13.9. The Morgan fingerprint density at radius 2 is 1.94 bits per heavy atom. The summed E-state index contributed by atoms with van der Waals surface area (Å²) in [6, 6.07) is 15.6. The van der Waals surface area contributed by atoms with Crippen LogP contribution >= 0.6 is 23.7 Å². The molecular weight excluding hydrogens is 486 g/mol. The normalized spacial score (nSPS) is 14.0. The number of para-hydroxylation sites is 1. The molecule has 1 fully saturated rings. The zero-order chi connectivity index (χ0) is 23.5. The number of halogens is 1. The number of aromatic nitrogens is 3. The van der Waals surface area contributed by atoms with Crippen LogP contribution in [0.15, 0.2) is 54.7 Å². The van der Waals surface area contributed by atoms with Gasteiger partial charge in [-0.3, -0.25) is 14.6 Å². The molecule has 1 aliphatic rings. The van der Waals surface area contributed by atoms with Crippen molar-refractivity contribution in [3.8, 4) is 11.4 Å². The predicted octanol–water partition coefficient (Wildman–Crippen LogP) is 4.20. The van der Waals surface area contributed by atoms with Crippen molar-refractivity contribution in [3.05, 3.63) is 66.0 Å². The van der Waals surface area contributed by atoms with Gasteiger partial charge in [-0.05, 0) is 31.2 Å². The molecule has 0 aliphatic carbocycles. The largest absolute Gasteiger partial charge is 0.497 e. The van der Waals surface area contributed by atoms with E-state index in [0.29, 0.717) is 17.2 Å². The third-order valence-corrected chi connectivity index (χ3v) is 7.10. The number of thiazole rings is 1. The molecule has 0 radical (unpaired) electrons. The van der Waals surface area contributed by atoms with Gasteiger partial charge in [0.05, 0.1) is 53.7 Å². The number of hydrogen-bond acceptors (Lipinski definition) is 7. The highest BCUT2D eigenvalue weighted by atomic mass is 35.5. The first-order valence-electron chi connectivity index (χ1n) is 11.3. The number of carbonyl (C=O) groups excluding carboxylic acids is 1. The first kappa shape index (κ1) is 25.1. The monoisotopic (exact) mass is 513 g/mol. The number of fused-ring (bicyclic) bond motifs is 1. The number of methoxy groups -OCH3 is 1. The Bertz CT molecular complexity index is 1290. The molecule has 2 aromatic heterocycles. The Labute approximate surface area is 214 Å². The van der Waals surface area contributed by atoms with Gasteiger partial charge >= 0.3 is 0 Å². The Kier molecular flexibility index (Phi) is 8.02. The minimum absolute atomic E-state index is 0. The van der Waals surface area contributed by atoms with Crippen molar-refractivity contribution in [1.82, 2.24) is 19.7 Å². The number of morpholine rings is 1. The number of anilines is 1. The zero-order valence-corrected chi connectivity index (χ0v) is 21.3. The predicted molar refractivity (Wildman–Crippen MR) is 141 cm³/mol. The highest BCUT2D eigenvalue weighted by molar-refractivity contribution is 7.22. The summed E-state index contributed by atoms with van der Waals surface area (Å²) in [5.74, 6) is 0.648. The number of carbonyl (C=O) groups is 1. The van der Waals surface area contributed by atoms with E-state index in [-0.39, 0.29) is 18.3 Å². The van der Waals surface area contributed by atoms with E-state index in [2.05, 4.69) is 10.00 Å². The molecule has 0 bridgehead atoms. The van der Waals surface area contributed by atoms with E-state index >= 15 is 0 Å². The van der Waals surface area contributed by atoms with Crippen molar-refractivity contribution < 1.29 is 14.3 Å². The van der Waals surface area contributed by atoms with Gasteiger partial charge in [-0.1, -0.05) is 29.5 Å². The number of nitrogens with zero attached hydrogens (tertiary/aromatic N) is 5. The average Bonchev–Trinajstić information content (AvgIpc) is 3.48. The van der Waals surface area contributed by atoms with E-state index in [1.165, 1.54) is 11.3 Å². The second-order valence-electron chi connectivity index (χ2n) is 8.13. The van der Waals surface area contributed by atoms with Gasteiger partial charge < -0.3 is 9.47 Å². The van der Waals surface area contributed by atoms with Crippen molar-refractivity contribution in [1.29, 1.82) is 0 Å². The molecule has 0 N–H and O–H groups in total. The minimum atomic E-state index is -0.0982. The Morgan fingerprint density at radius 1 is 1.17 bits per heavy atom. The van der Waals surface area contributed by atoms with E-state index in [0.717, 1.165) is 60.2 Å². The van der Waals surface area contributed by atoms with Crippen molar-refractivity contribution in [3.63, 3.8) is 0 Å². The molecule has 0 unspecified atom stereocenters. The molecule has 184 valence electrons. The van der Waals surface area contributed by atoms with Crippen LogP contribution in [-0.2, 0) is 4.74 Å². The summed E-state index contributed by atoms with van der Waals surface area (Å²) in [5, 5.41) is 5.18. The van der Waals surface area contributed by atoms with Crippen LogP contribution in [0.4, 0.5) is 5.13 Å². The highest BCUT2D eigenvalue weighted by Crippen LogP contribution is 2.32. The van der Waals surface area contributed by atoms with Crippen LogP contribution in [0.5, 0.6) is 5.75 Å². The zero-order valence-electron chi connectivity index (χ0n) is 19.7. The summed E-state index contributed by atoms with van der Waals surface area (Å²) < 4.78 is 13.6. The van der Waals surface area contributed by atoms with Gasteiger partial charge in [0.1, 0.15) is 5.75 Å². The van der Waals surface area contributed by atoms with Gasteiger partial charge in [-0.25, -0.2) is 9.67 Å². The topological polar surface area (TPSA) is 72.7 Å². The summed E-state index contributed by atoms with van der Waals surface area (Å²) in [6.45, 7) is 6.38. The minimum Gasteiger partial charge on any atom is -0.497 e. The summed E-state index contributed by atoms with van der Waals surface area (Å²) in [6.07, 6.45) is 1.66. The molecule has 4 aromatic rings. The number of amides is 1. The Balaban J connectivity index is 0.00000289. The number of ether oxygens (including phenoxy) is 2. The maximum Gasteiger partial charge on any atom is 0.263 e. The second-order valence-corrected chi connectivity index (χ2v) is 9.14. The molecule has 1 amide bonds. The first-order chi connectivity index (χ1) is 16.6. The lowest BCUT2D eigenvalue weighted by molar-refractivity contribution is 0.0391. The van der Waals surface area contributed by atoms with E-state index in [4.69, 9.17) is 14.5 Å². The molecule has 1 saturated heterocycles. The van der Waals surface area contributed by atoms with E-state index in [1.807, 2.05) is 55.5 Å². The third-order valence-electron chi connectivity index (χ3n) is 6.04. The number of benzene rings is 2. The number of rotatable bonds is 7. The maximum absolute atomic E-state index is 13.9. The van der Waals surface area contributed by atoms with Crippen LogP contribution in [0.1, 0.15) is 16.1 Å². The molecule has 3 heterocycles. The van der Waals surface area contributed by atoms with Crippen LogP contribution in [0.2, 0.25) is 0 Å². The lowest BCUT2D eigenvalue weighted by Gasteiger charge is -2.29. The van der Waals surface area contributed by atoms with Crippen LogP contribution in [0, 0.1) is 6.92 Å². The van der Waals surface area contributed by atoms with Crippen molar-refractivity contribution >= 4 is 45.0 Å². The van der Waals surface area contributed by atoms with Crippen LogP contribution < -0.4 is 9.64 Å². The van der Waals surface area contributed by atoms with Crippen LogP contribution in [0.25, 0.3) is 15.9 Å².